The lowest BCUT2D eigenvalue weighted by molar-refractivity contribution is 0.0992. The van der Waals surface area contributed by atoms with Crippen LogP contribution in [0.15, 0.2) is 72.8 Å². The molecule has 200 valence electrons. The Morgan fingerprint density at radius 2 is 1.82 bits per heavy atom. The maximum atomic E-state index is 12.9. The SMILES string of the molecule is CN(C)CC=Cc1ccc(-n2nc(C(N)=O)c3c2-c2cc(NC(=O)c4ccccc4Cl)ccc2CC3)cc1.Cl. The molecule has 1 aliphatic carbocycles. The van der Waals surface area contributed by atoms with Crippen LogP contribution in [0, 0.1) is 0 Å². The molecule has 0 radical (unpaired) electrons. The zero-order valence-corrected chi connectivity index (χ0v) is 23.2. The van der Waals surface area contributed by atoms with Crippen LogP contribution in [-0.2, 0) is 12.8 Å². The van der Waals surface area contributed by atoms with Gasteiger partial charge in [0.2, 0.25) is 0 Å². The Morgan fingerprint density at radius 1 is 1.08 bits per heavy atom. The summed E-state index contributed by atoms with van der Waals surface area (Å²) in [5.41, 5.74) is 12.5. The minimum Gasteiger partial charge on any atom is -0.364 e. The van der Waals surface area contributed by atoms with Gasteiger partial charge in [-0.3, -0.25) is 9.59 Å². The molecule has 0 bridgehead atoms. The molecule has 7 nitrogen and oxygen atoms in total. The average molecular weight is 563 g/mol. The molecule has 0 aliphatic heterocycles. The van der Waals surface area contributed by atoms with E-state index in [1.807, 2.05) is 56.6 Å². The zero-order chi connectivity index (χ0) is 26.8. The number of carbonyl (C=O) groups is 2. The third kappa shape index (κ3) is 5.91. The Morgan fingerprint density at radius 3 is 2.51 bits per heavy atom. The van der Waals surface area contributed by atoms with Gasteiger partial charge in [-0.05, 0) is 74.5 Å². The molecule has 0 fully saturated rings. The first-order valence-corrected chi connectivity index (χ1v) is 12.7. The van der Waals surface area contributed by atoms with Crippen molar-refractivity contribution in [3.63, 3.8) is 0 Å². The first kappa shape index (κ1) is 28.1. The van der Waals surface area contributed by atoms with Crippen LogP contribution in [0.1, 0.15) is 37.5 Å². The number of hydrogen-bond donors (Lipinski definition) is 2. The minimum atomic E-state index is -0.560. The zero-order valence-electron chi connectivity index (χ0n) is 21.6. The van der Waals surface area contributed by atoms with E-state index in [0.717, 1.165) is 46.6 Å². The molecule has 4 aromatic rings. The fraction of sp³-hybridized carbons (Fsp3) is 0.167. The van der Waals surface area contributed by atoms with Crippen molar-refractivity contribution in [3.05, 3.63) is 106 Å². The Balaban J connectivity index is 0.00000353. The number of aromatic nitrogens is 2. The van der Waals surface area contributed by atoms with Crippen LogP contribution in [-0.4, -0.2) is 47.1 Å². The lowest BCUT2D eigenvalue weighted by Crippen LogP contribution is -2.15. The molecule has 2 amide bonds. The highest BCUT2D eigenvalue weighted by Gasteiger charge is 2.28. The molecule has 3 N–H and O–H groups in total. The number of likely N-dealkylation sites (N-methyl/N-ethyl adjacent to an activating group) is 1. The number of nitrogens with one attached hydrogen (secondary N) is 1. The summed E-state index contributed by atoms with van der Waals surface area (Å²) in [5.74, 6) is -0.856. The second kappa shape index (κ2) is 11.9. The van der Waals surface area contributed by atoms with Gasteiger partial charge in [0.15, 0.2) is 5.69 Å². The maximum absolute atomic E-state index is 12.9. The van der Waals surface area contributed by atoms with E-state index in [2.05, 4.69) is 27.5 Å². The Kier molecular flexibility index (Phi) is 8.55. The van der Waals surface area contributed by atoms with E-state index < -0.39 is 5.91 Å². The van der Waals surface area contributed by atoms with Crippen molar-refractivity contribution in [2.45, 2.75) is 12.8 Å². The second-order valence-corrected chi connectivity index (χ2v) is 9.92. The molecule has 0 spiro atoms. The van der Waals surface area contributed by atoms with Crippen LogP contribution >= 0.6 is 24.0 Å². The summed E-state index contributed by atoms with van der Waals surface area (Å²) in [4.78, 5) is 27.3. The smallest absolute Gasteiger partial charge is 0.269 e. The number of hydrogen-bond acceptors (Lipinski definition) is 4. The average Bonchev–Trinajstić information content (AvgIpc) is 3.30. The van der Waals surface area contributed by atoms with E-state index in [1.165, 1.54) is 0 Å². The summed E-state index contributed by atoms with van der Waals surface area (Å²) in [6.45, 7) is 0.850. The van der Waals surface area contributed by atoms with Crippen LogP contribution in [0.2, 0.25) is 5.02 Å². The van der Waals surface area contributed by atoms with Gasteiger partial charge in [0.1, 0.15) is 0 Å². The van der Waals surface area contributed by atoms with Crippen LogP contribution in [0.3, 0.4) is 0 Å². The largest absolute Gasteiger partial charge is 0.364 e. The standard InChI is InChI=1S/C30H28ClN5O2.ClH/c1-35(2)17-5-6-19-9-14-22(15-10-19)36-28-24(27(34-36)29(32)37)16-12-20-11-13-21(18-25(20)28)33-30(38)23-7-3-4-8-26(23)31;/h3-11,13-15,18H,12,16-17H2,1-2H3,(H2,32,37)(H,33,38);1H. The molecule has 0 unspecified atom stereocenters. The van der Waals surface area contributed by atoms with Crippen LogP contribution < -0.4 is 11.1 Å². The first-order chi connectivity index (χ1) is 18.3. The summed E-state index contributed by atoms with van der Waals surface area (Å²) in [6, 6.07) is 20.7. The van der Waals surface area contributed by atoms with E-state index in [-0.39, 0.29) is 24.0 Å². The molecular weight excluding hydrogens is 533 g/mol. The van der Waals surface area contributed by atoms with Gasteiger partial charge in [-0.2, -0.15) is 5.10 Å². The maximum Gasteiger partial charge on any atom is 0.269 e. The predicted octanol–water partition coefficient (Wildman–Crippen LogP) is 5.64. The molecule has 9 heteroatoms. The molecule has 1 aliphatic rings. The number of benzene rings is 3. The van der Waals surface area contributed by atoms with Gasteiger partial charge >= 0.3 is 0 Å². The topological polar surface area (TPSA) is 93.2 Å². The van der Waals surface area contributed by atoms with Crippen molar-refractivity contribution in [1.29, 1.82) is 0 Å². The van der Waals surface area contributed by atoms with E-state index in [1.54, 1.807) is 28.9 Å². The summed E-state index contributed by atoms with van der Waals surface area (Å²) in [6.07, 6.45) is 5.56. The minimum absolute atomic E-state index is 0. The van der Waals surface area contributed by atoms with Crippen molar-refractivity contribution in [2.24, 2.45) is 5.73 Å². The number of fused-ring (bicyclic) bond motifs is 3. The number of halogens is 2. The molecule has 1 aromatic heterocycles. The van der Waals surface area contributed by atoms with Crippen molar-refractivity contribution < 1.29 is 9.59 Å². The third-order valence-electron chi connectivity index (χ3n) is 6.52. The van der Waals surface area contributed by atoms with Crippen LogP contribution in [0.5, 0.6) is 0 Å². The number of amides is 2. The highest BCUT2D eigenvalue weighted by molar-refractivity contribution is 6.34. The fourth-order valence-electron chi connectivity index (χ4n) is 4.67. The molecular formula is C30H29Cl2N5O2. The molecule has 39 heavy (non-hydrogen) atoms. The quantitative estimate of drug-likeness (QED) is 0.305. The van der Waals surface area contributed by atoms with Gasteiger partial charge in [-0.15, -0.1) is 12.4 Å². The van der Waals surface area contributed by atoms with Gasteiger partial charge in [0.25, 0.3) is 11.8 Å². The van der Waals surface area contributed by atoms with Crippen LogP contribution in [0.25, 0.3) is 23.0 Å². The van der Waals surface area contributed by atoms with Gasteiger partial charge in [-0.25, -0.2) is 4.68 Å². The van der Waals surface area contributed by atoms with Gasteiger partial charge in [0.05, 0.1) is 22.0 Å². The summed E-state index contributed by atoms with van der Waals surface area (Å²) in [5, 5.41) is 7.97. The number of carbonyl (C=O) groups excluding carboxylic acids is 2. The van der Waals surface area contributed by atoms with Crippen molar-refractivity contribution in [1.82, 2.24) is 14.7 Å². The Hall–Kier alpha value is -3.91. The Bertz CT molecular complexity index is 1560. The highest BCUT2D eigenvalue weighted by atomic mass is 35.5. The van der Waals surface area contributed by atoms with E-state index in [4.69, 9.17) is 17.3 Å². The van der Waals surface area contributed by atoms with Gasteiger partial charge in [-0.1, -0.05) is 54.1 Å². The summed E-state index contributed by atoms with van der Waals surface area (Å²) >= 11 is 6.22. The summed E-state index contributed by atoms with van der Waals surface area (Å²) < 4.78 is 1.78. The third-order valence-corrected chi connectivity index (χ3v) is 6.85. The van der Waals surface area contributed by atoms with Crippen molar-refractivity contribution >= 4 is 47.6 Å². The number of anilines is 1. The molecule has 0 saturated carbocycles. The molecule has 5 rings (SSSR count). The van der Waals surface area contributed by atoms with Gasteiger partial charge < -0.3 is 16.0 Å². The number of rotatable bonds is 7. The fourth-order valence-corrected chi connectivity index (χ4v) is 4.89. The van der Waals surface area contributed by atoms with E-state index in [9.17, 15) is 9.59 Å². The molecule has 3 aromatic carbocycles. The lowest BCUT2D eigenvalue weighted by atomic mass is 9.88. The van der Waals surface area contributed by atoms with Crippen molar-refractivity contribution in [3.8, 4) is 16.9 Å². The molecule has 0 saturated heterocycles. The van der Waals surface area contributed by atoms with Crippen molar-refractivity contribution in [2.75, 3.05) is 26.0 Å². The van der Waals surface area contributed by atoms with E-state index >= 15 is 0 Å². The lowest BCUT2D eigenvalue weighted by Gasteiger charge is -2.20. The summed E-state index contributed by atoms with van der Waals surface area (Å²) in [7, 11) is 4.05. The monoisotopic (exact) mass is 561 g/mol. The number of primary amides is 1. The number of nitrogens with two attached hydrogens (primary N) is 1. The predicted molar refractivity (Wildman–Crippen MR) is 159 cm³/mol. The molecule has 0 atom stereocenters. The Labute approximate surface area is 238 Å². The van der Waals surface area contributed by atoms with Gasteiger partial charge in [0, 0.05) is 23.4 Å². The highest BCUT2D eigenvalue weighted by Crippen LogP contribution is 2.38. The normalized spacial score (nSPS) is 12.1. The molecule has 1 heterocycles. The van der Waals surface area contributed by atoms with E-state index in [0.29, 0.717) is 22.7 Å². The first-order valence-electron chi connectivity index (χ1n) is 12.3. The second-order valence-electron chi connectivity index (χ2n) is 9.51. The number of nitrogens with zero attached hydrogens (tertiary/aromatic N) is 3. The number of aryl methyl sites for hydroxylation is 1. The van der Waals surface area contributed by atoms with Crippen LogP contribution in [0.4, 0.5) is 5.69 Å².